The molecule has 0 aromatic carbocycles. The Balaban J connectivity index is 0.000000112. The summed E-state index contributed by atoms with van der Waals surface area (Å²) in [6.45, 7) is 4.18. The van der Waals surface area contributed by atoms with Crippen molar-refractivity contribution in [1.82, 2.24) is 9.88 Å². The Morgan fingerprint density at radius 1 is 0.857 bits per heavy atom. The second-order valence-electron chi connectivity index (χ2n) is 4.10. The van der Waals surface area contributed by atoms with Crippen LogP contribution in [0, 0.1) is 5.92 Å². The molecule has 0 radical (unpaired) electrons. The Labute approximate surface area is 86.0 Å². The maximum Gasteiger partial charge on any atom is 0.0267 e. The summed E-state index contributed by atoms with van der Waals surface area (Å²) in [5.41, 5.74) is 0. The molecule has 14 heavy (non-hydrogen) atoms. The van der Waals surface area contributed by atoms with Crippen molar-refractivity contribution in [3.8, 4) is 0 Å². The fraction of sp³-hybridized carbons (Fsp3) is 0.583. The lowest BCUT2D eigenvalue weighted by molar-refractivity contribution is 0.111. The van der Waals surface area contributed by atoms with Gasteiger partial charge in [0.15, 0.2) is 0 Å². The number of pyridine rings is 1. The number of hydrogen-bond donors (Lipinski definition) is 0. The monoisotopic (exact) mass is 190 g/mol. The third-order valence-corrected chi connectivity index (χ3v) is 3.13. The molecule has 4 rings (SSSR count). The molecule has 0 aliphatic carbocycles. The molecule has 1 aromatic heterocycles. The van der Waals surface area contributed by atoms with Crippen LogP contribution < -0.4 is 0 Å². The van der Waals surface area contributed by atoms with Gasteiger partial charge in [-0.2, -0.15) is 0 Å². The molecule has 1 aromatic rings. The molecular formula is C12H18N2. The molecule has 3 aliphatic heterocycles. The summed E-state index contributed by atoms with van der Waals surface area (Å²) < 4.78 is 0. The maximum absolute atomic E-state index is 3.78. The molecular weight excluding hydrogens is 172 g/mol. The zero-order valence-electron chi connectivity index (χ0n) is 8.60. The third-order valence-electron chi connectivity index (χ3n) is 3.13. The minimum Gasteiger partial charge on any atom is -0.303 e. The zero-order chi connectivity index (χ0) is 9.64. The third kappa shape index (κ3) is 2.81. The molecule has 4 heterocycles. The minimum atomic E-state index is 1.11. The van der Waals surface area contributed by atoms with Gasteiger partial charge in [0.05, 0.1) is 0 Å². The van der Waals surface area contributed by atoms with E-state index in [0.717, 1.165) is 5.92 Å². The maximum atomic E-state index is 3.78. The highest BCUT2D eigenvalue weighted by Crippen LogP contribution is 2.26. The molecule has 0 spiro atoms. The molecule has 2 bridgehead atoms. The summed E-state index contributed by atoms with van der Waals surface area (Å²) in [5, 5.41) is 0. The second-order valence-corrected chi connectivity index (χ2v) is 4.10. The van der Waals surface area contributed by atoms with Crippen molar-refractivity contribution in [1.29, 1.82) is 0 Å². The molecule has 76 valence electrons. The lowest BCUT2D eigenvalue weighted by Crippen LogP contribution is -2.41. The summed E-state index contributed by atoms with van der Waals surface area (Å²) in [4.78, 5) is 6.37. The van der Waals surface area contributed by atoms with Crippen molar-refractivity contribution in [2.75, 3.05) is 19.6 Å². The van der Waals surface area contributed by atoms with Crippen molar-refractivity contribution >= 4 is 0 Å². The molecule has 0 atom stereocenters. The first-order valence-corrected chi connectivity index (χ1v) is 5.52. The van der Waals surface area contributed by atoms with Crippen LogP contribution in [0.2, 0.25) is 0 Å². The summed E-state index contributed by atoms with van der Waals surface area (Å²) in [7, 11) is 0. The predicted octanol–water partition coefficient (Wildman–Crippen LogP) is 2.18. The number of hydrogen-bond acceptors (Lipinski definition) is 2. The Hall–Kier alpha value is -0.890. The van der Waals surface area contributed by atoms with Crippen LogP contribution in [0.5, 0.6) is 0 Å². The standard InChI is InChI=1S/C7H13N.C5H5N/c1-4-8-5-2-7(1)3-6-8;1-2-4-6-5-3-1/h7H,1-6H2;1-5H. The summed E-state index contributed by atoms with van der Waals surface area (Å²) in [6, 6.07) is 5.72. The highest BCUT2D eigenvalue weighted by Gasteiger charge is 2.24. The molecule has 2 heteroatoms. The number of nitrogens with zero attached hydrogens (tertiary/aromatic N) is 2. The van der Waals surface area contributed by atoms with Gasteiger partial charge in [0.2, 0.25) is 0 Å². The van der Waals surface area contributed by atoms with Crippen LogP contribution in [-0.4, -0.2) is 29.5 Å². The number of fused-ring (bicyclic) bond motifs is 3. The Kier molecular flexibility index (Phi) is 3.52. The van der Waals surface area contributed by atoms with Gasteiger partial charge in [-0.25, -0.2) is 0 Å². The van der Waals surface area contributed by atoms with Crippen LogP contribution in [0.4, 0.5) is 0 Å². The molecule has 2 nitrogen and oxygen atoms in total. The molecule has 3 aliphatic rings. The molecule has 0 saturated carbocycles. The molecule has 0 N–H and O–H groups in total. The number of rotatable bonds is 0. The molecule has 0 amide bonds. The van der Waals surface area contributed by atoms with Gasteiger partial charge in [-0.1, -0.05) is 6.07 Å². The van der Waals surface area contributed by atoms with Gasteiger partial charge < -0.3 is 4.90 Å². The highest BCUT2D eigenvalue weighted by atomic mass is 15.1. The Morgan fingerprint density at radius 2 is 1.43 bits per heavy atom. The predicted molar refractivity (Wildman–Crippen MR) is 58.0 cm³/mol. The van der Waals surface area contributed by atoms with Crippen molar-refractivity contribution in [3.05, 3.63) is 30.6 Å². The van der Waals surface area contributed by atoms with Gasteiger partial charge in [0.1, 0.15) is 0 Å². The van der Waals surface area contributed by atoms with Crippen LogP contribution >= 0.6 is 0 Å². The Bertz CT molecular complexity index is 190. The molecule has 3 fully saturated rings. The second kappa shape index (κ2) is 5.11. The van der Waals surface area contributed by atoms with Crippen LogP contribution in [0.25, 0.3) is 0 Å². The van der Waals surface area contributed by atoms with Gasteiger partial charge >= 0.3 is 0 Å². The van der Waals surface area contributed by atoms with Crippen LogP contribution in [0.3, 0.4) is 0 Å². The van der Waals surface area contributed by atoms with E-state index >= 15 is 0 Å². The topological polar surface area (TPSA) is 16.1 Å². The van der Waals surface area contributed by atoms with E-state index in [1.165, 1.54) is 38.9 Å². The molecule has 0 unspecified atom stereocenters. The first-order chi connectivity index (χ1) is 6.95. The number of aromatic nitrogens is 1. The van der Waals surface area contributed by atoms with Crippen LogP contribution in [0.1, 0.15) is 19.3 Å². The average molecular weight is 190 g/mol. The van der Waals surface area contributed by atoms with Gasteiger partial charge in [-0.3, -0.25) is 4.98 Å². The normalized spacial score (nSPS) is 29.1. The first kappa shape index (κ1) is 9.66. The largest absolute Gasteiger partial charge is 0.303 e. The van der Waals surface area contributed by atoms with E-state index in [1.54, 1.807) is 12.4 Å². The van der Waals surface area contributed by atoms with Crippen LogP contribution in [-0.2, 0) is 0 Å². The quantitative estimate of drug-likeness (QED) is 0.623. The van der Waals surface area contributed by atoms with Crippen LogP contribution in [0.15, 0.2) is 30.6 Å². The minimum absolute atomic E-state index is 1.11. The van der Waals surface area contributed by atoms with Crippen molar-refractivity contribution in [3.63, 3.8) is 0 Å². The van der Waals surface area contributed by atoms with Gasteiger partial charge in [0.25, 0.3) is 0 Å². The summed E-state index contributed by atoms with van der Waals surface area (Å²) in [5.74, 6) is 1.11. The van der Waals surface area contributed by atoms with Gasteiger partial charge in [0, 0.05) is 12.4 Å². The molecule has 3 saturated heterocycles. The van der Waals surface area contributed by atoms with E-state index in [9.17, 15) is 0 Å². The highest BCUT2D eigenvalue weighted by molar-refractivity contribution is 4.88. The SMILES string of the molecule is C1CN2CCC1CC2.c1ccncc1. The Morgan fingerprint density at radius 3 is 1.57 bits per heavy atom. The fourth-order valence-electron chi connectivity index (χ4n) is 2.18. The van der Waals surface area contributed by atoms with Crippen molar-refractivity contribution < 1.29 is 0 Å². The first-order valence-electron chi connectivity index (χ1n) is 5.52. The van der Waals surface area contributed by atoms with E-state index in [-0.39, 0.29) is 0 Å². The average Bonchev–Trinajstić information content (AvgIpc) is 2.35. The summed E-state index contributed by atoms with van der Waals surface area (Å²) in [6.07, 6.45) is 7.96. The van der Waals surface area contributed by atoms with Crippen molar-refractivity contribution in [2.24, 2.45) is 5.92 Å². The smallest absolute Gasteiger partial charge is 0.0267 e. The van der Waals surface area contributed by atoms with E-state index in [2.05, 4.69) is 9.88 Å². The van der Waals surface area contributed by atoms with Gasteiger partial charge in [-0.15, -0.1) is 0 Å². The van der Waals surface area contributed by atoms with Crippen molar-refractivity contribution in [2.45, 2.75) is 19.3 Å². The lowest BCUT2D eigenvalue weighted by atomic mass is 9.89. The number of piperidine rings is 3. The zero-order valence-corrected chi connectivity index (χ0v) is 8.60. The van der Waals surface area contributed by atoms with E-state index in [4.69, 9.17) is 0 Å². The van der Waals surface area contributed by atoms with E-state index in [0.29, 0.717) is 0 Å². The van der Waals surface area contributed by atoms with E-state index < -0.39 is 0 Å². The van der Waals surface area contributed by atoms with E-state index in [1.807, 2.05) is 18.2 Å². The summed E-state index contributed by atoms with van der Waals surface area (Å²) >= 11 is 0. The van der Waals surface area contributed by atoms with Gasteiger partial charge in [-0.05, 0) is 56.9 Å². The fourth-order valence-corrected chi connectivity index (χ4v) is 2.18. The lowest BCUT2D eigenvalue weighted by Gasteiger charge is -2.38.